The molecular weight excluding hydrogens is 388 g/mol. The molecule has 1 N–H and O–H groups in total. The van der Waals surface area contributed by atoms with Gasteiger partial charge in [-0.3, -0.25) is 14.5 Å². The highest BCUT2D eigenvalue weighted by atomic mass is 16.2. The van der Waals surface area contributed by atoms with E-state index in [0.29, 0.717) is 19.4 Å². The number of hydrogen-bond donors (Lipinski definition) is 1. The van der Waals surface area contributed by atoms with Crippen LogP contribution >= 0.6 is 0 Å². The van der Waals surface area contributed by atoms with Gasteiger partial charge in [0.1, 0.15) is 6.04 Å². The normalized spacial score (nSPS) is 23.0. The number of fused-ring (bicyclic) bond motifs is 1. The third kappa shape index (κ3) is 5.29. The van der Waals surface area contributed by atoms with Crippen LogP contribution in [-0.2, 0) is 16.0 Å². The molecule has 0 aliphatic carbocycles. The molecule has 2 amide bonds. The van der Waals surface area contributed by atoms with Crippen LogP contribution in [0, 0.1) is 0 Å². The molecule has 0 bridgehead atoms. The maximum absolute atomic E-state index is 12.9. The molecule has 1 aromatic carbocycles. The van der Waals surface area contributed by atoms with E-state index in [2.05, 4.69) is 15.1 Å². The van der Waals surface area contributed by atoms with E-state index in [1.165, 1.54) is 58.3 Å². The largest absolute Gasteiger partial charge is 0.354 e. The average Bonchev–Trinajstić information content (AvgIpc) is 3.22. The zero-order chi connectivity index (χ0) is 21.6. The van der Waals surface area contributed by atoms with E-state index >= 15 is 0 Å². The first-order chi connectivity index (χ1) is 15.2. The quantitative estimate of drug-likeness (QED) is 0.682. The van der Waals surface area contributed by atoms with Gasteiger partial charge in [0, 0.05) is 31.1 Å². The Hall–Kier alpha value is -1.92. The van der Waals surface area contributed by atoms with Gasteiger partial charge in [-0.05, 0) is 76.5 Å². The van der Waals surface area contributed by atoms with Crippen LogP contribution < -0.4 is 10.2 Å². The minimum atomic E-state index is -0.412. The first-order valence-corrected chi connectivity index (χ1v) is 12.3. The third-order valence-electron chi connectivity index (χ3n) is 7.26. The fraction of sp³-hybridized carbons (Fsp3) is 0.680. The minimum absolute atomic E-state index is 0.0154. The maximum Gasteiger partial charge on any atom is 0.243 e. The van der Waals surface area contributed by atoms with Crippen LogP contribution in [0.1, 0.15) is 57.4 Å². The van der Waals surface area contributed by atoms with E-state index in [0.717, 1.165) is 30.3 Å². The van der Waals surface area contributed by atoms with Crippen molar-refractivity contribution in [2.24, 2.45) is 0 Å². The van der Waals surface area contributed by atoms with Crippen molar-refractivity contribution in [1.29, 1.82) is 0 Å². The van der Waals surface area contributed by atoms with E-state index in [-0.39, 0.29) is 11.8 Å². The molecular formula is C25H38N4O2. The van der Waals surface area contributed by atoms with E-state index in [1.807, 2.05) is 31.2 Å². The summed E-state index contributed by atoms with van der Waals surface area (Å²) in [5, 5.41) is 3.10. The Kier molecular flexibility index (Phi) is 7.62. The second kappa shape index (κ2) is 10.6. The number of benzene rings is 1. The molecule has 1 unspecified atom stereocenters. The summed E-state index contributed by atoms with van der Waals surface area (Å²) in [5.74, 6) is -0.0107. The lowest BCUT2D eigenvalue weighted by Gasteiger charge is -2.40. The third-order valence-corrected chi connectivity index (χ3v) is 7.26. The summed E-state index contributed by atoms with van der Waals surface area (Å²) in [7, 11) is 0. The summed E-state index contributed by atoms with van der Waals surface area (Å²) in [6.45, 7) is 8.49. The Morgan fingerprint density at radius 2 is 1.77 bits per heavy atom. The summed E-state index contributed by atoms with van der Waals surface area (Å²) >= 11 is 0. The lowest BCUT2D eigenvalue weighted by Crippen LogP contribution is -2.49. The molecule has 0 saturated carbocycles. The van der Waals surface area contributed by atoms with Crippen LogP contribution in [0.15, 0.2) is 24.3 Å². The monoisotopic (exact) mass is 426 g/mol. The van der Waals surface area contributed by atoms with Crippen LogP contribution in [0.25, 0.3) is 0 Å². The van der Waals surface area contributed by atoms with Crippen LogP contribution in [-0.4, -0.2) is 73.0 Å². The Morgan fingerprint density at radius 3 is 2.52 bits per heavy atom. The molecule has 1 aromatic rings. The minimum Gasteiger partial charge on any atom is -0.354 e. The van der Waals surface area contributed by atoms with Crippen molar-refractivity contribution in [3.63, 3.8) is 0 Å². The molecule has 6 nitrogen and oxygen atoms in total. The van der Waals surface area contributed by atoms with E-state index in [4.69, 9.17) is 0 Å². The highest BCUT2D eigenvalue weighted by Gasteiger charge is 2.37. The van der Waals surface area contributed by atoms with Gasteiger partial charge >= 0.3 is 0 Å². The molecule has 2 fully saturated rings. The summed E-state index contributed by atoms with van der Waals surface area (Å²) < 4.78 is 0. The molecule has 0 aromatic heterocycles. The number of carbonyl (C=O) groups excluding carboxylic acids is 2. The second-order valence-corrected chi connectivity index (χ2v) is 9.28. The summed E-state index contributed by atoms with van der Waals surface area (Å²) in [5.41, 5.74) is 1.98. The van der Waals surface area contributed by atoms with Crippen LogP contribution in [0.2, 0.25) is 0 Å². The number of para-hydroxylation sites is 1. The Labute approximate surface area is 187 Å². The zero-order valence-electron chi connectivity index (χ0n) is 19.0. The molecule has 3 aliphatic rings. The number of carbonyl (C=O) groups is 2. The fourth-order valence-electron chi connectivity index (χ4n) is 5.50. The second-order valence-electron chi connectivity index (χ2n) is 9.28. The predicted octanol–water partition coefficient (Wildman–Crippen LogP) is 2.81. The number of anilines is 1. The van der Waals surface area contributed by atoms with Crippen LogP contribution in [0.5, 0.6) is 0 Å². The smallest absolute Gasteiger partial charge is 0.243 e. The van der Waals surface area contributed by atoms with Crippen molar-refractivity contribution in [2.45, 2.75) is 70.4 Å². The van der Waals surface area contributed by atoms with Crippen molar-refractivity contribution >= 4 is 17.5 Å². The molecule has 3 aliphatic heterocycles. The van der Waals surface area contributed by atoms with Crippen molar-refractivity contribution in [3.8, 4) is 0 Å². The Balaban J connectivity index is 1.19. The molecule has 3 heterocycles. The van der Waals surface area contributed by atoms with Gasteiger partial charge in [-0.1, -0.05) is 31.5 Å². The van der Waals surface area contributed by atoms with Crippen molar-refractivity contribution in [2.75, 3.05) is 44.2 Å². The fourth-order valence-corrected chi connectivity index (χ4v) is 5.50. The molecule has 0 spiro atoms. The highest BCUT2D eigenvalue weighted by molar-refractivity contribution is 6.03. The zero-order valence-corrected chi connectivity index (χ0v) is 19.0. The summed E-state index contributed by atoms with van der Waals surface area (Å²) in [4.78, 5) is 32.4. The molecule has 170 valence electrons. The number of rotatable bonds is 7. The summed E-state index contributed by atoms with van der Waals surface area (Å²) in [6, 6.07) is 8.24. The lowest BCUT2D eigenvalue weighted by atomic mass is 10.00. The molecule has 1 atom stereocenters. The first kappa shape index (κ1) is 22.3. The van der Waals surface area contributed by atoms with Gasteiger partial charge in [0.25, 0.3) is 0 Å². The molecule has 2 saturated heterocycles. The van der Waals surface area contributed by atoms with Crippen molar-refractivity contribution < 1.29 is 9.59 Å². The van der Waals surface area contributed by atoms with Gasteiger partial charge in [0.2, 0.25) is 11.8 Å². The molecule has 31 heavy (non-hydrogen) atoms. The number of nitrogens with one attached hydrogen (secondary N) is 1. The Bertz CT molecular complexity index is 754. The Morgan fingerprint density at radius 1 is 1.03 bits per heavy atom. The number of piperidine rings is 2. The average molecular weight is 427 g/mol. The molecule has 4 rings (SSSR count). The van der Waals surface area contributed by atoms with Gasteiger partial charge in [-0.2, -0.15) is 0 Å². The van der Waals surface area contributed by atoms with E-state index in [1.54, 1.807) is 4.90 Å². The standard InChI is InChI=1S/C25H38N4O2/c1-2-24(30)29-22-10-5-4-9-20(22)19-23(29)25(31)26-13-8-14-27-17-11-21(12-18-27)28-15-6-3-7-16-28/h4-5,9-10,21,23H,2-3,6-8,11-19H2,1H3,(H,26,31). The number of hydrogen-bond acceptors (Lipinski definition) is 4. The topological polar surface area (TPSA) is 55.9 Å². The van der Waals surface area contributed by atoms with Gasteiger partial charge in [0.05, 0.1) is 0 Å². The van der Waals surface area contributed by atoms with Gasteiger partial charge in [-0.15, -0.1) is 0 Å². The van der Waals surface area contributed by atoms with Gasteiger partial charge in [-0.25, -0.2) is 0 Å². The van der Waals surface area contributed by atoms with Gasteiger partial charge < -0.3 is 15.1 Å². The predicted molar refractivity (Wildman–Crippen MR) is 124 cm³/mol. The van der Waals surface area contributed by atoms with E-state index < -0.39 is 6.04 Å². The number of amides is 2. The highest BCUT2D eigenvalue weighted by Crippen LogP contribution is 2.32. The lowest BCUT2D eigenvalue weighted by molar-refractivity contribution is -0.126. The van der Waals surface area contributed by atoms with Crippen molar-refractivity contribution in [3.05, 3.63) is 29.8 Å². The first-order valence-electron chi connectivity index (χ1n) is 12.3. The summed E-state index contributed by atoms with van der Waals surface area (Å²) in [6.07, 6.45) is 8.67. The molecule has 0 radical (unpaired) electrons. The SMILES string of the molecule is CCC(=O)N1c2ccccc2CC1C(=O)NCCCN1CCC(N2CCCCC2)CC1. The van der Waals surface area contributed by atoms with Gasteiger partial charge in [0.15, 0.2) is 0 Å². The molecule has 6 heteroatoms. The maximum atomic E-state index is 12.9. The number of likely N-dealkylation sites (tertiary alicyclic amines) is 2. The van der Waals surface area contributed by atoms with Crippen LogP contribution in [0.4, 0.5) is 5.69 Å². The van der Waals surface area contributed by atoms with Crippen LogP contribution in [0.3, 0.4) is 0 Å². The van der Waals surface area contributed by atoms with Crippen molar-refractivity contribution in [1.82, 2.24) is 15.1 Å². The number of nitrogens with zero attached hydrogens (tertiary/aromatic N) is 3. The van der Waals surface area contributed by atoms with E-state index in [9.17, 15) is 9.59 Å².